The summed E-state index contributed by atoms with van der Waals surface area (Å²) in [6.07, 6.45) is 1.05. The van der Waals surface area contributed by atoms with E-state index in [4.69, 9.17) is 0 Å². The Morgan fingerprint density at radius 1 is 1.23 bits per heavy atom. The normalized spacial score (nSPS) is 12.0. The van der Waals surface area contributed by atoms with E-state index in [1.54, 1.807) is 23.9 Å². The molecule has 0 aliphatic rings. The number of aliphatic hydroxyl groups is 1. The van der Waals surface area contributed by atoms with Gasteiger partial charge in [0.2, 0.25) is 0 Å². The second-order valence-electron chi connectivity index (χ2n) is 4.62. The molecule has 116 valence electrons. The highest BCUT2D eigenvalue weighted by Crippen LogP contribution is 2.19. The van der Waals surface area contributed by atoms with Gasteiger partial charge in [-0.15, -0.1) is 11.8 Å². The average molecular weight is 323 g/mol. The molecule has 0 aliphatic carbocycles. The molecule has 22 heavy (non-hydrogen) atoms. The summed E-state index contributed by atoms with van der Waals surface area (Å²) in [4.78, 5) is 12.9. The molecule has 0 saturated heterocycles. The molecule has 0 aromatic heterocycles. The first-order valence-electron chi connectivity index (χ1n) is 6.56. The van der Waals surface area contributed by atoms with Crippen LogP contribution in [0.3, 0.4) is 0 Å². The van der Waals surface area contributed by atoms with Crippen molar-refractivity contribution in [2.75, 3.05) is 12.8 Å². The van der Waals surface area contributed by atoms with Crippen LogP contribution in [0.5, 0.6) is 0 Å². The highest BCUT2D eigenvalue weighted by molar-refractivity contribution is 7.98. The zero-order valence-electron chi connectivity index (χ0n) is 11.8. The first kappa shape index (κ1) is 16.5. The lowest BCUT2D eigenvalue weighted by Crippen LogP contribution is -2.29. The summed E-state index contributed by atoms with van der Waals surface area (Å²) in [5.41, 5.74) is 0.393. The minimum Gasteiger partial charge on any atom is -0.387 e. The van der Waals surface area contributed by atoms with Gasteiger partial charge in [-0.3, -0.25) is 4.79 Å². The molecule has 0 aliphatic heterocycles. The standard InChI is InChI=1S/C16H15F2NO2S/c1-22-12-5-2-10(3-6-12)15(20)9-19-16(21)13-7-4-11(17)8-14(13)18/h2-8,15,20H,9H2,1H3,(H,19,21). The fourth-order valence-electron chi connectivity index (χ4n) is 1.90. The van der Waals surface area contributed by atoms with E-state index in [0.717, 1.165) is 17.0 Å². The molecule has 0 spiro atoms. The van der Waals surface area contributed by atoms with E-state index in [1.165, 1.54) is 0 Å². The lowest BCUT2D eigenvalue weighted by atomic mass is 10.1. The van der Waals surface area contributed by atoms with E-state index >= 15 is 0 Å². The zero-order valence-corrected chi connectivity index (χ0v) is 12.7. The zero-order chi connectivity index (χ0) is 16.1. The highest BCUT2D eigenvalue weighted by atomic mass is 32.2. The number of carbonyl (C=O) groups excluding carboxylic acids is 1. The van der Waals surface area contributed by atoms with Crippen molar-refractivity contribution in [3.63, 3.8) is 0 Å². The van der Waals surface area contributed by atoms with Crippen LogP contribution in [-0.4, -0.2) is 23.8 Å². The number of aliphatic hydroxyl groups excluding tert-OH is 1. The first-order valence-corrected chi connectivity index (χ1v) is 7.79. The maximum Gasteiger partial charge on any atom is 0.254 e. The third-order valence-corrected chi connectivity index (χ3v) is 3.88. The minimum atomic E-state index is -0.934. The molecule has 6 heteroatoms. The Labute approximate surface area is 131 Å². The van der Waals surface area contributed by atoms with Crippen molar-refractivity contribution in [3.05, 3.63) is 65.2 Å². The summed E-state index contributed by atoms with van der Waals surface area (Å²) in [7, 11) is 0. The molecule has 3 nitrogen and oxygen atoms in total. The highest BCUT2D eigenvalue weighted by Gasteiger charge is 2.14. The lowest BCUT2D eigenvalue weighted by molar-refractivity contribution is 0.0912. The van der Waals surface area contributed by atoms with Gasteiger partial charge < -0.3 is 10.4 Å². The molecule has 2 aromatic carbocycles. The van der Waals surface area contributed by atoms with Gasteiger partial charge in [0, 0.05) is 17.5 Å². The van der Waals surface area contributed by atoms with E-state index < -0.39 is 23.6 Å². The molecule has 1 unspecified atom stereocenters. The lowest BCUT2D eigenvalue weighted by Gasteiger charge is -2.13. The topological polar surface area (TPSA) is 49.3 Å². The quantitative estimate of drug-likeness (QED) is 0.831. The second-order valence-corrected chi connectivity index (χ2v) is 5.50. The van der Waals surface area contributed by atoms with Crippen LogP contribution in [0, 0.1) is 11.6 Å². The number of nitrogens with one attached hydrogen (secondary N) is 1. The molecule has 0 heterocycles. The number of hydrogen-bond acceptors (Lipinski definition) is 3. The fraction of sp³-hybridized carbons (Fsp3) is 0.188. The number of rotatable bonds is 5. The summed E-state index contributed by atoms with van der Waals surface area (Å²) in [6.45, 7) is -0.0612. The summed E-state index contributed by atoms with van der Waals surface area (Å²) in [5, 5.41) is 12.4. The van der Waals surface area contributed by atoms with Crippen molar-refractivity contribution in [2.24, 2.45) is 0 Å². The molecular weight excluding hydrogens is 308 g/mol. The maximum absolute atomic E-state index is 13.5. The molecule has 0 bridgehead atoms. The Kier molecular flexibility index (Phi) is 5.51. The van der Waals surface area contributed by atoms with Crippen LogP contribution in [0.25, 0.3) is 0 Å². The van der Waals surface area contributed by atoms with E-state index in [2.05, 4.69) is 5.32 Å². The van der Waals surface area contributed by atoms with Crippen LogP contribution in [0.4, 0.5) is 8.78 Å². The summed E-state index contributed by atoms with van der Waals surface area (Å²) in [6, 6.07) is 9.99. The molecule has 1 atom stereocenters. The van der Waals surface area contributed by atoms with Crippen molar-refractivity contribution in [1.29, 1.82) is 0 Å². The molecule has 0 saturated carbocycles. The Morgan fingerprint density at radius 2 is 1.91 bits per heavy atom. The maximum atomic E-state index is 13.5. The first-order chi connectivity index (χ1) is 10.5. The van der Waals surface area contributed by atoms with Gasteiger partial charge in [-0.05, 0) is 36.1 Å². The number of thioether (sulfide) groups is 1. The smallest absolute Gasteiger partial charge is 0.254 e. The van der Waals surface area contributed by atoms with E-state index in [0.29, 0.717) is 11.6 Å². The third kappa shape index (κ3) is 4.05. The van der Waals surface area contributed by atoms with Gasteiger partial charge in [0.1, 0.15) is 11.6 Å². The average Bonchev–Trinajstić information content (AvgIpc) is 2.52. The van der Waals surface area contributed by atoms with Crippen LogP contribution in [0.15, 0.2) is 47.4 Å². The molecule has 1 amide bonds. The number of hydrogen-bond donors (Lipinski definition) is 2. The van der Waals surface area contributed by atoms with Crippen molar-refractivity contribution in [2.45, 2.75) is 11.0 Å². The van der Waals surface area contributed by atoms with Gasteiger partial charge in [-0.25, -0.2) is 8.78 Å². The SMILES string of the molecule is CSc1ccc(C(O)CNC(=O)c2ccc(F)cc2F)cc1. The van der Waals surface area contributed by atoms with Crippen molar-refractivity contribution < 1.29 is 18.7 Å². The number of carbonyl (C=O) groups is 1. The molecule has 2 N–H and O–H groups in total. The Morgan fingerprint density at radius 3 is 2.50 bits per heavy atom. The molecule has 0 radical (unpaired) electrons. The summed E-state index contributed by atoms with van der Waals surface area (Å²) < 4.78 is 26.3. The second kappa shape index (κ2) is 7.38. The van der Waals surface area contributed by atoms with E-state index in [-0.39, 0.29) is 12.1 Å². The largest absolute Gasteiger partial charge is 0.387 e. The van der Waals surface area contributed by atoms with Gasteiger partial charge in [0.25, 0.3) is 5.91 Å². The Balaban J connectivity index is 1.97. The van der Waals surface area contributed by atoms with Crippen molar-refractivity contribution in [3.8, 4) is 0 Å². The van der Waals surface area contributed by atoms with Gasteiger partial charge in [-0.2, -0.15) is 0 Å². The summed E-state index contributed by atoms with van der Waals surface area (Å²) >= 11 is 1.58. The van der Waals surface area contributed by atoms with Gasteiger partial charge >= 0.3 is 0 Å². The van der Waals surface area contributed by atoms with E-state index in [1.807, 2.05) is 18.4 Å². The number of amides is 1. The Bertz CT molecular complexity index is 662. The minimum absolute atomic E-state index is 0.0612. The predicted octanol–water partition coefficient (Wildman–Crippen LogP) is 3.15. The van der Waals surface area contributed by atoms with Crippen molar-refractivity contribution in [1.82, 2.24) is 5.32 Å². The van der Waals surface area contributed by atoms with Gasteiger partial charge in [-0.1, -0.05) is 12.1 Å². The van der Waals surface area contributed by atoms with Crippen LogP contribution in [-0.2, 0) is 0 Å². The molecule has 2 rings (SSSR count). The molecule has 2 aromatic rings. The molecule has 0 fully saturated rings. The Hall–Kier alpha value is -1.92. The monoisotopic (exact) mass is 323 g/mol. The number of halogens is 2. The van der Waals surface area contributed by atoms with Crippen LogP contribution >= 0.6 is 11.8 Å². The third-order valence-electron chi connectivity index (χ3n) is 3.13. The van der Waals surface area contributed by atoms with Gasteiger partial charge in [0.15, 0.2) is 0 Å². The van der Waals surface area contributed by atoms with Crippen LogP contribution < -0.4 is 5.32 Å². The van der Waals surface area contributed by atoms with Crippen molar-refractivity contribution >= 4 is 17.7 Å². The molecular formula is C16H15F2NO2S. The number of benzene rings is 2. The van der Waals surface area contributed by atoms with E-state index in [9.17, 15) is 18.7 Å². The predicted molar refractivity (Wildman–Crippen MR) is 81.9 cm³/mol. The van der Waals surface area contributed by atoms with Crippen LogP contribution in [0.1, 0.15) is 22.0 Å². The van der Waals surface area contributed by atoms with Gasteiger partial charge in [0.05, 0.1) is 11.7 Å². The fourth-order valence-corrected chi connectivity index (χ4v) is 2.31. The summed E-state index contributed by atoms with van der Waals surface area (Å²) in [5.74, 6) is -2.38. The van der Waals surface area contributed by atoms with Crippen LogP contribution in [0.2, 0.25) is 0 Å².